The molecular weight excluding hydrogens is 444 g/mol. The molecule has 9 nitrogen and oxygen atoms in total. The average molecular weight is 467 g/mol. The summed E-state index contributed by atoms with van der Waals surface area (Å²) in [6.07, 6.45) is 3.79. The van der Waals surface area contributed by atoms with Crippen molar-refractivity contribution in [1.29, 1.82) is 0 Å². The number of nitrogens with zero attached hydrogens (tertiary/aromatic N) is 5. The van der Waals surface area contributed by atoms with E-state index < -0.39 is 39.2 Å². The number of amides is 1. The highest BCUT2D eigenvalue weighted by atomic mass is 32.2. The number of aromatic nitrogens is 4. The lowest BCUT2D eigenvalue weighted by Gasteiger charge is -2.24. The fraction of sp³-hybridized carbons (Fsp3) is 0.350. The lowest BCUT2D eigenvalue weighted by atomic mass is 10.1. The summed E-state index contributed by atoms with van der Waals surface area (Å²) in [5.41, 5.74) is -1.80. The molecule has 0 aliphatic rings. The van der Waals surface area contributed by atoms with Gasteiger partial charge in [-0.3, -0.25) is 4.68 Å². The number of pyridine rings is 1. The maximum atomic E-state index is 15.5. The SMILES string of the molecule is CN(Cc1cn(S(=O)(=O)c2cnn(C)c2)c(-c2cccnc2F)c1F)C(=O)OC(C)(C)C. The van der Waals surface area contributed by atoms with Gasteiger partial charge in [-0.05, 0) is 32.9 Å². The van der Waals surface area contributed by atoms with Crippen LogP contribution >= 0.6 is 0 Å². The van der Waals surface area contributed by atoms with E-state index in [1.165, 1.54) is 37.1 Å². The molecule has 0 bridgehead atoms. The Balaban J connectivity index is 2.13. The quantitative estimate of drug-likeness (QED) is 0.535. The van der Waals surface area contributed by atoms with Crippen molar-refractivity contribution in [2.75, 3.05) is 7.05 Å². The monoisotopic (exact) mass is 467 g/mol. The maximum Gasteiger partial charge on any atom is 0.410 e. The van der Waals surface area contributed by atoms with E-state index in [1.54, 1.807) is 20.8 Å². The van der Waals surface area contributed by atoms with E-state index in [4.69, 9.17) is 4.74 Å². The fourth-order valence-corrected chi connectivity index (χ4v) is 4.29. The first-order valence-electron chi connectivity index (χ1n) is 9.50. The average Bonchev–Trinajstić information content (AvgIpc) is 3.26. The van der Waals surface area contributed by atoms with Crippen LogP contribution < -0.4 is 0 Å². The molecule has 0 saturated heterocycles. The van der Waals surface area contributed by atoms with Crippen molar-refractivity contribution in [3.63, 3.8) is 0 Å². The molecule has 3 aromatic rings. The van der Waals surface area contributed by atoms with Crippen LogP contribution in [0.15, 0.2) is 41.8 Å². The summed E-state index contributed by atoms with van der Waals surface area (Å²) in [4.78, 5) is 16.7. The number of rotatable bonds is 5. The fourth-order valence-electron chi connectivity index (χ4n) is 2.92. The second-order valence-corrected chi connectivity index (χ2v) is 9.96. The van der Waals surface area contributed by atoms with Gasteiger partial charge in [-0.1, -0.05) is 0 Å². The van der Waals surface area contributed by atoms with Gasteiger partial charge in [0, 0.05) is 38.2 Å². The molecule has 0 aliphatic heterocycles. The van der Waals surface area contributed by atoms with Crippen LogP contribution in [0.4, 0.5) is 13.6 Å². The second kappa shape index (κ2) is 8.34. The van der Waals surface area contributed by atoms with Crippen LogP contribution in [0.25, 0.3) is 11.3 Å². The molecule has 0 atom stereocenters. The van der Waals surface area contributed by atoms with Crippen LogP contribution in [0.1, 0.15) is 26.3 Å². The zero-order chi connectivity index (χ0) is 23.8. The molecule has 0 radical (unpaired) electrons. The molecule has 0 aliphatic carbocycles. The van der Waals surface area contributed by atoms with Crippen LogP contribution in [0.3, 0.4) is 0 Å². The summed E-state index contributed by atoms with van der Waals surface area (Å²) < 4.78 is 63.5. The smallest absolute Gasteiger partial charge is 0.410 e. The highest BCUT2D eigenvalue weighted by Crippen LogP contribution is 2.32. The summed E-state index contributed by atoms with van der Waals surface area (Å²) in [6.45, 7) is 4.73. The molecule has 3 rings (SSSR count). The number of carbonyl (C=O) groups is 1. The first-order chi connectivity index (χ1) is 14.8. The van der Waals surface area contributed by atoms with Gasteiger partial charge in [0.15, 0.2) is 5.82 Å². The molecular formula is C20H23F2N5O4S. The molecule has 32 heavy (non-hydrogen) atoms. The van der Waals surface area contributed by atoms with E-state index >= 15 is 4.39 Å². The standard InChI is InChI=1S/C20H23F2N5O4S/c1-20(2,3)31-19(28)25(4)10-13-11-27(32(29,30)14-9-24-26(5)12-14)17(16(13)21)15-7-6-8-23-18(15)22/h6-9,11-12H,10H2,1-5H3. The molecule has 3 heterocycles. The maximum absolute atomic E-state index is 15.5. The molecule has 172 valence electrons. The summed E-state index contributed by atoms with van der Waals surface area (Å²) in [5, 5.41) is 3.84. The first kappa shape index (κ1) is 23.4. The molecule has 3 aromatic heterocycles. The number of ether oxygens (including phenoxy) is 1. The summed E-state index contributed by atoms with van der Waals surface area (Å²) in [5.74, 6) is -2.04. The summed E-state index contributed by atoms with van der Waals surface area (Å²) in [6, 6.07) is 2.58. The third kappa shape index (κ3) is 4.64. The number of hydrogen-bond donors (Lipinski definition) is 0. The Morgan fingerprint density at radius 1 is 1.25 bits per heavy atom. The Bertz CT molecular complexity index is 1260. The molecule has 0 unspecified atom stereocenters. The van der Waals surface area contributed by atoms with E-state index in [1.807, 2.05) is 0 Å². The molecule has 0 saturated carbocycles. The zero-order valence-corrected chi connectivity index (χ0v) is 19.0. The van der Waals surface area contributed by atoms with Gasteiger partial charge in [-0.15, -0.1) is 0 Å². The van der Waals surface area contributed by atoms with Gasteiger partial charge in [0.2, 0.25) is 5.95 Å². The Hall–Kier alpha value is -3.28. The van der Waals surface area contributed by atoms with Crippen molar-refractivity contribution in [3.8, 4) is 11.3 Å². The minimum absolute atomic E-state index is 0.149. The van der Waals surface area contributed by atoms with Gasteiger partial charge in [0.05, 0.1) is 18.3 Å². The van der Waals surface area contributed by atoms with Crippen molar-refractivity contribution in [2.45, 2.75) is 37.8 Å². The van der Waals surface area contributed by atoms with Gasteiger partial charge >= 0.3 is 6.09 Å². The normalized spacial score (nSPS) is 12.1. The highest BCUT2D eigenvalue weighted by Gasteiger charge is 2.30. The lowest BCUT2D eigenvalue weighted by molar-refractivity contribution is 0.0284. The molecule has 0 fully saturated rings. The largest absolute Gasteiger partial charge is 0.444 e. The minimum Gasteiger partial charge on any atom is -0.444 e. The van der Waals surface area contributed by atoms with Gasteiger partial charge in [-0.25, -0.2) is 26.6 Å². The molecule has 0 spiro atoms. The van der Waals surface area contributed by atoms with Gasteiger partial charge < -0.3 is 9.64 Å². The molecule has 0 N–H and O–H groups in total. The van der Waals surface area contributed by atoms with Crippen molar-refractivity contribution in [2.24, 2.45) is 7.05 Å². The first-order valence-corrected chi connectivity index (χ1v) is 10.9. The van der Waals surface area contributed by atoms with Gasteiger partial charge in [0.25, 0.3) is 10.0 Å². The minimum atomic E-state index is -4.34. The van der Waals surface area contributed by atoms with E-state index in [0.717, 1.165) is 23.5 Å². The Labute approximate surface area is 184 Å². The number of halogens is 2. The third-order valence-electron chi connectivity index (χ3n) is 4.35. The van der Waals surface area contributed by atoms with Crippen molar-refractivity contribution in [3.05, 3.63) is 54.2 Å². The van der Waals surface area contributed by atoms with Crippen LogP contribution in [0.5, 0.6) is 0 Å². The Kier molecular flexibility index (Phi) is 6.09. The third-order valence-corrected chi connectivity index (χ3v) is 5.96. The topological polar surface area (TPSA) is 99.3 Å². The number of hydrogen-bond acceptors (Lipinski definition) is 6. The van der Waals surface area contributed by atoms with Crippen molar-refractivity contribution in [1.82, 2.24) is 23.6 Å². The number of carbonyl (C=O) groups excluding carboxylic acids is 1. The van der Waals surface area contributed by atoms with E-state index in [9.17, 15) is 17.6 Å². The predicted octanol–water partition coefficient (Wildman–Crippen LogP) is 3.17. The Morgan fingerprint density at radius 3 is 2.50 bits per heavy atom. The van der Waals surface area contributed by atoms with Crippen molar-refractivity contribution >= 4 is 16.1 Å². The Morgan fingerprint density at radius 2 is 1.94 bits per heavy atom. The van der Waals surface area contributed by atoms with Crippen LogP contribution in [-0.2, 0) is 28.4 Å². The predicted molar refractivity (Wildman–Crippen MR) is 111 cm³/mol. The van der Waals surface area contributed by atoms with Crippen LogP contribution in [-0.4, -0.2) is 50.8 Å². The summed E-state index contributed by atoms with van der Waals surface area (Å²) >= 11 is 0. The van der Waals surface area contributed by atoms with Crippen LogP contribution in [0, 0.1) is 11.8 Å². The van der Waals surface area contributed by atoms with E-state index in [-0.39, 0.29) is 22.6 Å². The number of aryl methyl sites for hydroxylation is 1. The van der Waals surface area contributed by atoms with Crippen LogP contribution in [0.2, 0.25) is 0 Å². The second-order valence-electron chi connectivity index (χ2n) is 8.15. The van der Waals surface area contributed by atoms with E-state index in [2.05, 4.69) is 10.1 Å². The molecule has 0 aromatic carbocycles. The van der Waals surface area contributed by atoms with Gasteiger partial charge in [-0.2, -0.15) is 9.49 Å². The van der Waals surface area contributed by atoms with Crippen molar-refractivity contribution < 1.29 is 26.7 Å². The van der Waals surface area contributed by atoms with E-state index in [0.29, 0.717) is 3.97 Å². The molecule has 1 amide bonds. The highest BCUT2D eigenvalue weighted by molar-refractivity contribution is 7.90. The zero-order valence-electron chi connectivity index (χ0n) is 18.2. The van der Waals surface area contributed by atoms with Gasteiger partial charge in [0.1, 0.15) is 16.2 Å². The molecule has 12 heteroatoms. The summed E-state index contributed by atoms with van der Waals surface area (Å²) in [7, 11) is -1.43. The lowest BCUT2D eigenvalue weighted by Crippen LogP contribution is -2.33.